The highest BCUT2D eigenvalue weighted by atomic mass is 32.2. The van der Waals surface area contributed by atoms with Gasteiger partial charge in [-0.3, -0.25) is 9.59 Å². The number of rotatable bonds is 4. The molecule has 1 heterocycles. The smallest absolute Gasteiger partial charge is 0.262 e. The number of nitrogens with one attached hydrogen (secondary N) is 2. The van der Waals surface area contributed by atoms with Gasteiger partial charge in [0.05, 0.1) is 10.6 Å². The van der Waals surface area contributed by atoms with Gasteiger partial charge in [-0.25, -0.2) is 0 Å². The van der Waals surface area contributed by atoms with Gasteiger partial charge in [0, 0.05) is 17.5 Å². The predicted molar refractivity (Wildman–Crippen MR) is 92.2 cm³/mol. The summed E-state index contributed by atoms with van der Waals surface area (Å²) >= 11 is 1.31. The Labute approximate surface area is 139 Å². The number of carbonyl (C=O) groups excluding carboxylic acids is 2. The largest absolute Gasteiger partial charge is 0.352 e. The summed E-state index contributed by atoms with van der Waals surface area (Å²) in [4.78, 5) is 25.3. The maximum absolute atomic E-state index is 12.0. The number of fused-ring (bicyclic) bond motifs is 1. The van der Waals surface area contributed by atoms with Crippen molar-refractivity contribution in [3.05, 3.63) is 71.1 Å². The average Bonchev–Trinajstić information content (AvgIpc) is 2.56. The second-order valence-electron chi connectivity index (χ2n) is 5.09. The zero-order valence-corrected chi connectivity index (χ0v) is 13.2. The Bertz CT molecular complexity index is 757. The summed E-state index contributed by atoms with van der Waals surface area (Å²) in [6.07, 6.45) is 2.12. The van der Waals surface area contributed by atoms with Crippen molar-refractivity contribution in [3.8, 4) is 0 Å². The highest BCUT2D eigenvalue weighted by Gasteiger charge is 2.21. The van der Waals surface area contributed by atoms with Crippen LogP contribution in [-0.4, -0.2) is 18.4 Å². The molecule has 0 fully saturated rings. The number of thioether (sulfide) groups is 1. The molecule has 23 heavy (non-hydrogen) atoms. The van der Waals surface area contributed by atoms with E-state index in [2.05, 4.69) is 10.6 Å². The zero-order valence-electron chi connectivity index (χ0n) is 12.4. The molecule has 0 saturated heterocycles. The van der Waals surface area contributed by atoms with Crippen molar-refractivity contribution in [1.82, 2.24) is 5.32 Å². The Morgan fingerprint density at radius 2 is 1.83 bits per heavy atom. The fraction of sp³-hybridized carbons (Fsp3) is 0.111. The fourth-order valence-corrected chi connectivity index (χ4v) is 3.17. The number of hydrogen-bond donors (Lipinski definition) is 2. The lowest BCUT2D eigenvalue weighted by Gasteiger charge is -2.17. The molecule has 0 atom stereocenters. The second kappa shape index (κ2) is 7.15. The minimum atomic E-state index is -0.252. The van der Waals surface area contributed by atoms with Crippen molar-refractivity contribution in [2.75, 3.05) is 11.9 Å². The number of hydrogen-bond acceptors (Lipinski definition) is 3. The number of amides is 2. The third-order valence-electron chi connectivity index (χ3n) is 3.40. The Hall–Kier alpha value is -2.53. The van der Waals surface area contributed by atoms with Crippen LogP contribution in [0.1, 0.15) is 5.56 Å². The SMILES string of the molecule is O=C(C=C1Sc2ccccc2NC1=O)NCCc1ccccc1. The molecular weight excluding hydrogens is 308 g/mol. The van der Waals surface area contributed by atoms with Gasteiger partial charge in [0.1, 0.15) is 0 Å². The minimum absolute atomic E-state index is 0.244. The van der Waals surface area contributed by atoms with E-state index in [-0.39, 0.29) is 11.8 Å². The van der Waals surface area contributed by atoms with Gasteiger partial charge in [0.2, 0.25) is 5.91 Å². The van der Waals surface area contributed by atoms with Crippen LogP contribution in [0.3, 0.4) is 0 Å². The van der Waals surface area contributed by atoms with E-state index in [9.17, 15) is 9.59 Å². The van der Waals surface area contributed by atoms with Gasteiger partial charge in [-0.2, -0.15) is 0 Å². The van der Waals surface area contributed by atoms with E-state index in [0.717, 1.165) is 17.0 Å². The Morgan fingerprint density at radius 3 is 2.65 bits per heavy atom. The van der Waals surface area contributed by atoms with Crippen LogP contribution in [0.25, 0.3) is 0 Å². The zero-order chi connectivity index (χ0) is 16.1. The number of benzene rings is 2. The molecule has 2 amide bonds. The molecule has 0 bridgehead atoms. The van der Waals surface area contributed by atoms with Crippen molar-refractivity contribution < 1.29 is 9.59 Å². The molecule has 0 aliphatic carbocycles. The molecule has 2 N–H and O–H groups in total. The predicted octanol–water partition coefficient (Wildman–Crippen LogP) is 2.97. The van der Waals surface area contributed by atoms with Crippen molar-refractivity contribution in [2.45, 2.75) is 11.3 Å². The third kappa shape index (κ3) is 4.02. The van der Waals surface area contributed by atoms with Gasteiger partial charge in [-0.05, 0) is 24.1 Å². The van der Waals surface area contributed by atoms with Gasteiger partial charge < -0.3 is 10.6 Å². The lowest BCUT2D eigenvalue weighted by molar-refractivity contribution is -0.117. The first-order chi connectivity index (χ1) is 11.2. The van der Waals surface area contributed by atoms with Crippen LogP contribution in [0, 0.1) is 0 Å². The first kappa shape index (κ1) is 15.4. The third-order valence-corrected chi connectivity index (χ3v) is 4.50. The molecule has 2 aromatic rings. The molecule has 4 nitrogen and oxygen atoms in total. The van der Waals surface area contributed by atoms with Crippen LogP contribution in [0.15, 0.2) is 70.5 Å². The summed E-state index contributed by atoms with van der Waals surface area (Å²) in [5, 5.41) is 5.60. The number of para-hydroxylation sites is 1. The Morgan fingerprint density at radius 1 is 1.09 bits per heavy atom. The van der Waals surface area contributed by atoms with Crippen LogP contribution in [0.4, 0.5) is 5.69 Å². The van der Waals surface area contributed by atoms with Crippen LogP contribution in [0.2, 0.25) is 0 Å². The van der Waals surface area contributed by atoms with E-state index in [4.69, 9.17) is 0 Å². The van der Waals surface area contributed by atoms with E-state index in [1.807, 2.05) is 54.6 Å². The normalized spacial score (nSPS) is 15.0. The molecule has 0 saturated carbocycles. The molecule has 5 heteroatoms. The van der Waals surface area contributed by atoms with Crippen molar-refractivity contribution in [3.63, 3.8) is 0 Å². The molecule has 2 aromatic carbocycles. The van der Waals surface area contributed by atoms with Crippen LogP contribution < -0.4 is 10.6 Å². The summed E-state index contributed by atoms with van der Waals surface area (Å²) in [7, 11) is 0. The highest BCUT2D eigenvalue weighted by molar-refractivity contribution is 8.04. The summed E-state index contributed by atoms with van der Waals surface area (Å²) in [5.74, 6) is -0.495. The quantitative estimate of drug-likeness (QED) is 0.850. The topological polar surface area (TPSA) is 58.2 Å². The lowest BCUT2D eigenvalue weighted by atomic mass is 10.1. The molecule has 3 rings (SSSR count). The van der Waals surface area contributed by atoms with Crippen LogP contribution in [0.5, 0.6) is 0 Å². The molecule has 116 valence electrons. The van der Waals surface area contributed by atoms with E-state index in [1.54, 1.807) is 0 Å². The van der Waals surface area contributed by atoms with Crippen molar-refractivity contribution >= 4 is 29.3 Å². The highest BCUT2D eigenvalue weighted by Crippen LogP contribution is 2.37. The monoisotopic (exact) mass is 324 g/mol. The van der Waals surface area contributed by atoms with Gasteiger partial charge in [0.15, 0.2) is 0 Å². The fourth-order valence-electron chi connectivity index (χ4n) is 2.25. The van der Waals surface area contributed by atoms with E-state index < -0.39 is 0 Å². The molecule has 0 aromatic heterocycles. The number of anilines is 1. The maximum Gasteiger partial charge on any atom is 0.262 e. The molecule has 0 unspecified atom stereocenters. The lowest BCUT2D eigenvalue weighted by Crippen LogP contribution is -2.26. The van der Waals surface area contributed by atoms with E-state index >= 15 is 0 Å². The summed E-state index contributed by atoms with van der Waals surface area (Å²) in [6.45, 7) is 0.537. The number of carbonyl (C=O) groups is 2. The first-order valence-electron chi connectivity index (χ1n) is 7.34. The summed E-state index contributed by atoms with van der Waals surface area (Å²) in [6, 6.07) is 17.5. The molecular formula is C18H16N2O2S. The van der Waals surface area contributed by atoms with Crippen LogP contribution in [-0.2, 0) is 16.0 Å². The molecule has 0 radical (unpaired) electrons. The van der Waals surface area contributed by atoms with E-state index in [0.29, 0.717) is 11.4 Å². The standard InChI is InChI=1S/C18H16N2O2S/c21-17(19-11-10-13-6-2-1-3-7-13)12-16-18(22)20-14-8-4-5-9-15(14)23-16/h1-9,12H,10-11H2,(H,19,21)(H,20,22). The molecule has 1 aliphatic heterocycles. The Kier molecular flexibility index (Phi) is 4.78. The second-order valence-corrected chi connectivity index (χ2v) is 6.17. The van der Waals surface area contributed by atoms with Gasteiger partial charge in [0.25, 0.3) is 5.91 Å². The maximum atomic E-state index is 12.0. The molecule has 1 aliphatic rings. The Balaban J connectivity index is 1.58. The minimum Gasteiger partial charge on any atom is -0.352 e. The first-order valence-corrected chi connectivity index (χ1v) is 8.16. The van der Waals surface area contributed by atoms with Crippen molar-refractivity contribution in [1.29, 1.82) is 0 Å². The van der Waals surface area contributed by atoms with Crippen molar-refractivity contribution in [2.24, 2.45) is 0 Å². The van der Waals surface area contributed by atoms with Gasteiger partial charge in [-0.1, -0.05) is 54.2 Å². The van der Waals surface area contributed by atoms with Crippen LogP contribution >= 0.6 is 11.8 Å². The summed E-state index contributed by atoms with van der Waals surface area (Å²) in [5.41, 5.74) is 1.95. The van der Waals surface area contributed by atoms with Gasteiger partial charge >= 0.3 is 0 Å². The average molecular weight is 324 g/mol. The van der Waals surface area contributed by atoms with E-state index in [1.165, 1.54) is 23.4 Å². The summed E-state index contributed by atoms with van der Waals surface area (Å²) < 4.78 is 0. The molecule has 0 spiro atoms. The van der Waals surface area contributed by atoms with Gasteiger partial charge in [-0.15, -0.1) is 0 Å².